The minimum Gasteiger partial charge on any atom is -0.462 e. The van der Waals surface area contributed by atoms with E-state index in [0.717, 1.165) is 41.7 Å². The lowest BCUT2D eigenvalue weighted by Crippen LogP contribution is -2.18. The molecule has 0 aliphatic heterocycles. The van der Waals surface area contributed by atoms with Crippen LogP contribution < -0.4 is 10.0 Å². The zero-order valence-electron chi connectivity index (χ0n) is 19.9. The molecule has 2 aromatic carbocycles. The topological polar surface area (TPSA) is 102 Å². The summed E-state index contributed by atoms with van der Waals surface area (Å²) in [6.45, 7) is 5.48. The molecule has 1 aromatic heterocycles. The number of ether oxygens (including phenoxy) is 1. The van der Waals surface area contributed by atoms with E-state index in [2.05, 4.69) is 10.0 Å². The minimum atomic E-state index is -3.93. The molecule has 4 rings (SSSR count). The molecule has 7 nitrogen and oxygen atoms in total. The maximum atomic E-state index is 13.2. The van der Waals surface area contributed by atoms with Crippen LogP contribution in [-0.2, 0) is 27.6 Å². The summed E-state index contributed by atoms with van der Waals surface area (Å²) in [5, 5.41) is 3.29. The Balaban J connectivity index is 1.65. The Morgan fingerprint density at radius 1 is 1.03 bits per heavy atom. The van der Waals surface area contributed by atoms with Crippen molar-refractivity contribution in [3.63, 3.8) is 0 Å². The number of esters is 1. The SMILES string of the molecule is CCOC(=O)c1c(NC(=O)c2ccc(C)c(S(=O)(=O)Nc3ccccc3C)c2)sc2c1CCCC2. The summed E-state index contributed by atoms with van der Waals surface area (Å²) in [7, 11) is -3.93. The first-order valence-electron chi connectivity index (χ1n) is 11.5. The summed E-state index contributed by atoms with van der Waals surface area (Å²) in [5.41, 5.74) is 3.33. The fraction of sp³-hybridized carbons (Fsp3) is 0.308. The molecule has 0 fully saturated rings. The van der Waals surface area contributed by atoms with Crippen LogP contribution in [0.3, 0.4) is 0 Å². The summed E-state index contributed by atoms with van der Waals surface area (Å²) in [6.07, 6.45) is 3.65. The standard InChI is InChI=1S/C26H28N2O5S2/c1-4-33-26(30)23-19-10-6-8-12-21(19)34-25(23)27-24(29)18-14-13-17(3)22(15-18)35(31,32)28-20-11-7-5-9-16(20)2/h5,7,9,11,13-15,28H,4,6,8,10,12H2,1-3H3,(H,27,29). The summed E-state index contributed by atoms with van der Waals surface area (Å²) in [4.78, 5) is 27.0. The van der Waals surface area contributed by atoms with Gasteiger partial charge >= 0.3 is 5.97 Å². The second-order valence-electron chi connectivity index (χ2n) is 8.49. The van der Waals surface area contributed by atoms with Crippen LogP contribution in [0.15, 0.2) is 47.4 Å². The second kappa shape index (κ2) is 10.2. The number of amides is 1. The van der Waals surface area contributed by atoms with E-state index in [-0.39, 0.29) is 17.1 Å². The molecular formula is C26H28N2O5S2. The van der Waals surface area contributed by atoms with E-state index in [0.29, 0.717) is 21.8 Å². The number of anilines is 2. The fourth-order valence-electron chi connectivity index (χ4n) is 4.17. The zero-order chi connectivity index (χ0) is 25.2. The number of rotatable bonds is 7. The number of hydrogen-bond acceptors (Lipinski definition) is 6. The average molecular weight is 513 g/mol. The molecule has 0 saturated carbocycles. The van der Waals surface area contributed by atoms with E-state index in [9.17, 15) is 18.0 Å². The lowest BCUT2D eigenvalue weighted by Gasteiger charge is -2.14. The van der Waals surface area contributed by atoms with Crippen molar-refractivity contribution in [2.45, 2.75) is 51.3 Å². The van der Waals surface area contributed by atoms with E-state index in [4.69, 9.17) is 4.74 Å². The van der Waals surface area contributed by atoms with Crippen molar-refractivity contribution in [1.82, 2.24) is 0 Å². The fourth-order valence-corrected chi connectivity index (χ4v) is 6.84. The first kappa shape index (κ1) is 24.9. The molecule has 1 amide bonds. The highest BCUT2D eigenvalue weighted by Gasteiger charge is 2.28. The molecule has 35 heavy (non-hydrogen) atoms. The van der Waals surface area contributed by atoms with Crippen molar-refractivity contribution in [1.29, 1.82) is 0 Å². The monoisotopic (exact) mass is 512 g/mol. The van der Waals surface area contributed by atoms with E-state index in [1.165, 1.54) is 17.4 Å². The Kier molecular flexibility index (Phi) is 7.28. The average Bonchev–Trinajstić information content (AvgIpc) is 3.18. The number of carbonyl (C=O) groups is 2. The summed E-state index contributed by atoms with van der Waals surface area (Å²) in [6, 6.07) is 11.6. The van der Waals surface area contributed by atoms with Crippen molar-refractivity contribution in [3.8, 4) is 0 Å². The maximum Gasteiger partial charge on any atom is 0.341 e. The Morgan fingerprint density at radius 2 is 1.77 bits per heavy atom. The lowest BCUT2D eigenvalue weighted by atomic mass is 9.95. The zero-order valence-corrected chi connectivity index (χ0v) is 21.6. The molecular weight excluding hydrogens is 484 g/mol. The second-order valence-corrected chi connectivity index (χ2v) is 11.2. The van der Waals surface area contributed by atoms with Crippen LogP contribution in [0, 0.1) is 13.8 Å². The van der Waals surface area contributed by atoms with E-state index >= 15 is 0 Å². The van der Waals surface area contributed by atoms with Crippen LogP contribution in [0.4, 0.5) is 10.7 Å². The van der Waals surface area contributed by atoms with Gasteiger partial charge < -0.3 is 10.1 Å². The van der Waals surface area contributed by atoms with Crippen LogP contribution in [0.5, 0.6) is 0 Å². The number of sulfonamides is 1. The first-order chi connectivity index (χ1) is 16.7. The van der Waals surface area contributed by atoms with Gasteiger partial charge in [-0.05, 0) is 81.3 Å². The summed E-state index contributed by atoms with van der Waals surface area (Å²) in [5.74, 6) is -0.932. The normalized spacial score (nSPS) is 13.1. The Labute approximate surface area is 209 Å². The van der Waals surface area contributed by atoms with Gasteiger partial charge in [0, 0.05) is 10.4 Å². The van der Waals surface area contributed by atoms with Crippen molar-refractivity contribution in [2.24, 2.45) is 0 Å². The number of fused-ring (bicyclic) bond motifs is 1. The minimum absolute atomic E-state index is 0.0180. The number of carbonyl (C=O) groups excluding carboxylic acids is 2. The molecule has 0 radical (unpaired) electrons. The van der Waals surface area contributed by atoms with Gasteiger partial charge in [0.05, 0.1) is 22.8 Å². The Bertz CT molecular complexity index is 1390. The molecule has 0 atom stereocenters. The smallest absolute Gasteiger partial charge is 0.341 e. The first-order valence-corrected chi connectivity index (χ1v) is 13.8. The van der Waals surface area contributed by atoms with Crippen molar-refractivity contribution >= 4 is 43.9 Å². The number of nitrogens with one attached hydrogen (secondary N) is 2. The highest BCUT2D eigenvalue weighted by Crippen LogP contribution is 2.39. The molecule has 0 unspecified atom stereocenters. The molecule has 1 aliphatic rings. The lowest BCUT2D eigenvalue weighted by molar-refractivity contribution is 0.0526. The third kappa shape index (κ3) is 5.26. The molecule has 0 bridgehead atoms. The number of aryl methyl sites for hydroxylation is 3. The highest BCUT2D eigenvalue weighted by atomic mass is 32.2. The van der Waals surface area contributed by atoms with Gasteiger partial charge in [-0.3, -0.25) is 9.52 Å². The predicted molar refractivity (Wildman–Crippen MR) is 138 cm³/mol. The summed E-state index contributed by atoms with van der Waals surface area (Å²) < 4.78 is 34.2. The highest BCUT2D eigenvalue weighted by molar-refractivity contribution is 7.92. The van der Waals surface area contributed by atoms with Gasteiger partial charge in [0.25, 0.3) is 15.9 Å². The van der Waals surface area contributed by atoms with Crippen molar-refractivity contribution in [2.75, 3.05) is 16.6 Å². The molecule has 0 spiro atoms. The third-order valence-electron chi connectivity index (χ3n) is 6.01. The molecule has 3 aromatic rings. The number of para-hydroxylation sites is 1. The van der Waals surface area contributed by atoms with E-state index in [1.807, 2.05) is 19.1 Å². The van der Waals surface area contributed by atoms with Gasteiger partial charge in [0.1, 0.15) is 5.00 Å². The van der Waals surface area contributed by atoms with E-state index < -0.39 is 21.9 Å². The van der Waals surface area contributed by atoms with Gasteiger partial charge in [-0.15, -0.1) is 11.3 Å². The van der Waals surface area contributed by atoms with Crippen molar-refractivity contribution in [3.05, 3.63) is 75.2 Å². The number of thiophene rings is 1. The molecule has 9 heteroatoms. The summed E-state index contributed by atoms with van der Waals surface area (Å²) >= 11 is 1.39. The van der Waals surface area contributed by atoms with Gasteiger partial charge in [-0.1, -0.05) is 24.3 Å². The maximum absolute atomic E-state index is 13.2. The Hall–Kier alpha value is -3.17. The van der Waals surface area contributed by atoms with E-state index in [1.54, 1.807) is 38.1 Å². The predicted octanol–water partition coefficient (Wildman–Crippen LogP) is 5.47. The van der Waals surface area contributed by atoms with Gasteiger partial charge in [0.15, 0.2) is 0 Å². The molecule has 0 saturated heterocycles. The number of benzene rings is 2. The van der Waals surface area contributed by atoms with Gasteiger partial charge in [-0.2, -0.15) is 0 Å². The van der Waals surface area contributed by atoms with Crippen molar-refractivity contribution < 1.29 is 22.7 Å². The molecule has 2 N–H and O–H groups in total. The van der Waals surface area contributed by atoms with Crippen LogP contribution >= 0.6 is 11.3 Å². The molecule has 1 aliphatic carbocycles. The number of hydrogen-bond donors (Lipinski definition) is 2. The quantitative estimate of drug-likeness (QED) is 0.409. The van der Waals surface area contributed by atoms with Crippen LogP contribution in [-0.4, -0.2) is 26.9 Å². The van der Waals surface area contributed by atoms with Crippen LogP contribution in [0.2, 0.25) is 0 Å². The van der Waals surface area contributed by atoms with Crippen LogP contribution in [0.25, 0.3) is 0 Å². The molecule has 1 heterocycles. The Morgan fingerprint density at radius 3 is 2.51 bits per heavy atom. The third-order valence-corrected chi connectivity index (χ3v) is 8.72. The molecule has 184 valence electrons. The van der Waals surface area contributed by atoms with Gasteiger partial charge in [0.2, 0.25) is 0 Å². The van der Waals surface area contributed by atoms with Crippen LogP contribution in [0.1, 0.15) is 62.0 Å². The van der Waals surface area contributed by atoms with Gasteiger partial charge in [-0.25, -0.2) is 13.2 Å². The largest absolute Gasteiger partial charge is 0.462 e.